The number of nitrogens with zero attached hydrogens (tertiary/aromatic N) is 3. The van der Waals surface area contributed by atoms with Gasteiger partial charge in [-0.05, 0) is 12.5 Å². The van der Waals surface area contributed by atoms with Crippen molar-refractivity contribution < 1.29 is 4.84 Å². The number of aliphatic imine (C=N–C) groups is 1. The van der Waals surface area contributed by atoms with Crippen LogP contribution in [0.25, 0.3) is 10.6 Å². The normalized spacial score (nSPS) is 11.6. The van der Waals surface area contributed by atoms with Crippen molar-refractivity contribution in [1.82, 2.24) is 15.7 Å². The van der Waals surface area contributed by atoms with Crippen LogP contribution < -0.4 is 11.2 Å². The highest BCUT2D eigenvalue weighted by Gasteiger charge is 2.08. The van der Waals surface area contributed by atoms with E-state index in [0.717, 1.165) is 16.1 Å². The number of aryl methyl sites for hydroxylation is 1. The van der Waals surface area contributed by atoms with Crippen LogP contribution in [0.3, 0.4) is 0 Å². The summed E-state index contributed by atoms with van der Waals surface area (Å²) < 4.78 is 0. The van der Waals surface area contributed by atoms with Crippen LogP contribution in [0.2, 0.25) is 0 Å². The second-order valence-corrected chi connectivity index (χ2v) is 4.46. The van der Waals surface area contributed by atoms with Crippen LogP contribution in [-0.2, 0) is 4.84 Å². The minimum atomic E-state index is 0.144. The fourth-order valence-corrected chi connectivity index (χ4v) is 2.23. The average molecular weight is 263 g/mol. The van der Waals surface area contributed by atoms with Gasteiger partial charge < -0.3 is 5.73 Å². The monoisotopic (exact) mass is 263 g/mol. The number of hydrogen-bond acceptors (Lipinski definition) is 5. The Morgan fingerprint density at radius 3 is 2.89 bits per heavy atom. The maximum absolute atomic E-state index is 5.55. The Bertz CT molecular complexity index is 566. The van der Waals surface area contributed by atoms with Crippen molar-refractivity contribution in [2.24, 2.45) is 10.7 Å². The first-order valence-electron chi connectivity index (χ1n) is 5.23. The molecule has 0 aliphatic rings. The lowest BCUT2D eigenvalue weighted by atomic mass is 10.1. The van der Waals surface area contributed by atoms with Gasteiger partial charge in [-0.15, -0.1) is 10.2 Å². The third-order valence-electron chi connectivity index (χ3n) is 2.21. The van der Waals surface area contributed by atoms with E-state index in [4.69, 9.17) is 5.73 Å². The summed E-state index contributed by atoms with van der Waals surface area (Å²) in [4.78, 5) is 8.66. The molecule has 1 aromatic heterocycles. The molecule has 0 unspecified atom stereocenters. The molecule has 0 saturated carbocycles. The average Bonchev–Trinajstić information content (AvgIpc) is 2.78. The lowest BCUT2D eigenvalue weighted by Crippen LogP contribution is -2.29. The van der Waals surface area contributed by atoms with Gasteiger partial charge in [-0.2, -0.15) is 4.99 Å². The Morgan fingerprint density at radius 1 is 1.39 bits per heavy atom. The van der Waals surface area contributed by atoms with E-state index in [9.17, 15) is 0 Å². The molecule has 1 heterocycles. The summed E-state index contributed by atoms with van der Waals surface area (Å²) in [7, 11) is 1.46. The Labute approximate surface area is 108 Å². The molecule has 0 radical (unpaired) electrons. The second kappa shape index (κ2) is 5.56. The van der Waals surface area contributed by atoms with E-state index < -0.39 is 0 Å². The summed E-state index contributed by atoms with van der Waals surface area (Å²) in [6.45, 7) is 2.03. The van der Waals surface area contributed by atoms with Crippen LogP contribution in [0.5, 0.6) is 0 Å². The van der Waals surface area contributed by atoms with Gasteiger partial charge in [-0.3, -0.25) is 4.84 Å². The highest BCUT2D eigenvalue weighted by atomic mass is 32.1. The lowest BCUT2D eigenvalue weighted by Gasteiger charge is -1.99. The summed E-state index contributed by atoms with van der Waals surface area (Å²) in [5.74, 6) is 0.144. The first-order chi connectivity index (χ1) is 8.70. The van der Waals surface area contributed by atoms with E-state index in [1.165, 1.54) is 18.4 Å². The molecule has 3 N–H and O–H groups in total. The smallest absolute Gasteiger partial charge is 0.235 e. The van der Waals surface area contributed by atoms with Gasteiger partial charge in [0.15, 0.2) is 0 Å². The minimum absolute atomic E-state index is 0.144. The number of aromatic nitrogens is 2. The second-order valence-electron chi connectivity index (χ2n) is 3.51. The number of hydrogen-bond donors (Lipinski definition) is 2. The van der Waals surface area contributed by atoms with E-state index in [2.05, 4.69) is 25.5 Å². The zero-order chi connectivity index (χ0) is 13.0. The minimum Gasteiger partial charge on any atom is -0.368 e. The predicted molar refractivity (Wildman–Crippen MR) is 71.5 cm³/mol. The maximum atomic E-state index is 5.55. The zero-order valence-corrected chi connectivity index (χ0v) is 10.9. The van der Waals surface area contributed by atoms with Crippen LogP contribution in [0, 0.1) is 6.92 Å². The molecule has 0 saturated heterocycles. The molecule has 0 bridgehead atoms. The predicted octanol–water partition coefficient (Wildman–Crippen LogP) is 1.61. The summed E-state index contributed by atoms with van der Waals surface area (Å²) in [6.07, 6.45) is 0. The molecule has 0 aliphatic carbocycles. The summed E-state index contributed by atoms with van der Waals surface area (Å²) in [5.41, 5.74) is 10.2. The van der Waals surface area contributed by atoms with Gasteiger partial charge in [0.1, 0.15) is 5.01 Å². The molecule has 18 heavy (non-hydrogen) atoms. The fraction of sp³-hybridized carbons (Fsp3) is 0.182. The van der Waals surface area contributed by atoms with Gasteiger partial charge in [-0.25, -0.2) is 5.48 Å². The van der Waals surface area contributed by atoms with Crippen molar-refractivity contribution in [3.05, 3.63) is 29.8 Å². The Hall–Kier alpha value is -1.99. The van der Waals surface area contributed by atoms with Crippen LogP contribution >= 0.6 is 11.3 Å². The largest absolute Gasteiger partial charge is 0.368 e. The van der Waals surface area contributed by atoms with Crippen molar-refractivity contribution in [2.45, 2.75) is 6.92 Å². The number of nitrogens with two attached hydrogens (primary N) is 1. The number of benzene rings is 1. The number of guanidine groups is 1. The third-order valence-corrected chi connectivity index (χ3v) is 3.06. The fourth-order valence-electron chi connectivity index (χ4n) is 1.41. The van der Waals surface area contributed by atoms with Crippen LogP contribution in [0.15, 0.2) is 29.3 Å². The van der Waals surface area contributed by atoms with Crippen LogP contribution in [0.1, 0.15) is 5.56 Å². The summed E-state index contributed by atoms with van der Waals surface area (Å²) in [5, 5.41) is 9.36. The van der Waals surface area contributed by atoms with E-state index in [-0.39, 0.29) is 5.96 Å². The maximum Gasteiger partial charge on any atom is 0.235 e. The molecule has 1 aromatic carbocycles. The molecule has 94 valence electrons. The van der Waals surface area contributed by atoms with Gasteiger partial charge >= 0.3 is 0 Å². The van der Waals surface area contributed by atoms with E-state index in [1.54, 1.807) is 0 Å². The van der Waals surface area contributed by atoms with Gasteiger partial charge in [-0.1, -0.05) is 35.6 Å². The van der Waals surface area contributed by atoms with E-state index in [1.807, 2.05) is 31.2 Å². The van der Waals surface area contributed by atoms with Crippen molar-refractivity contribution in [2.75, 3.05) is 7.11 Å². The molecule has 0 atom stereocenters. The Kier molecular flexibility index (Phi) is 3.85. The molecular formula is C11H13N5OS. The van der Waals surface area contributed by atoms with Gasteiger partial charge in [0.25, 0.3) is 0 Å². The van der Waals surface area contributed by atoms with Gasteiger partial charge in [0.05, 0.1) is 7.11 Å². The highest BCUT2D eigenvalue weighted by molar-refractivity contribution is 7.18. The first kappa shape index (κ1) is 12.5. The summed E-state index contributed by atoms with van der Waals surface area (Å²) >= 11 is 1.37. The first-order valence-corrected chi connectivity index (χ1v) is 6.05. The molecule has 2 aromatic rings. The molecule has 0 amide bonds. The molecular weight excluding hydrogens is 250 g/mol. The number of hydroxylamine groups is 1. The van der Waals surface area contributed by atoms with Crippen molar-refractivity contribution >= 4 is 22.4 Å². The lowest BCUT2D eigenvalue weighted by molar-refractivity contribution is 0.143. The number of nitrogens with one attached hydrogen (secondary N) is 1. The van der Waals surface area contributed by atoms with E-state index >= 15 is 0 Å². The highest BCUT2D eigenvalue weighted by Crippen LogP contribution is 2.29. The van der Waals surface area contributed by atoms with Gasteiger partial charge in [0, 0.05) is 5.56 Å². The van der Waals surface area contributed by atoms with E-state index in [0.29, 0.717) is 5.13 Å². The summed E-state index contributed by atoms with van der Waals surface area (Å²) in [6, 6.07) is 7.98. The van der Waals surface area contributed by atoms with Crippen LogP contribution in [0.4, 0.5) is 5.13 Å². The molecule has 6 nitrogen and oxygen atoms in total. The number of rotatable bonds is 3. The van der Waals surface area contributed by atoms with Crippen molar-refractivity contribution in [3.63, 3.8) is 0 Å². The standard InChI is InChI=1S/C11H13N5OS/c1-7-5-3-4-6-8(7)9-14-15-11(18-9)13-10(12)16-17-2/h3-6H,1-2H3,(H3,12,13,15,16). The van der Waals surface area contributed by atoms with Gasteiger partial charge in [0.2, 0.25) is 11.1 Å². The quantitative estimate of drug-likeness (QED) is 0.499. The topological polar surface area (TPSA) is 85.4 Å². The molecule has 7 heteroatoms. The third kappa shape index (κ3) is 2.82. The molecule has 0 aliphatic heterocycles. The Balaban J connectivity index is 2.26. The zero-order valence-electron chi connectivity index (χ0n) is 10.0. The Morgan fingerprint density at radius 2 is 2.17 bits per heavy atom. The SMILES string of the molecule is CONC(N)=Nc1nnc(-c2ccccc2C)s1. The molecule has 0 fully saturated rings. The molecule has 0 spiro atoms. The molecule has 2 rings (SSSR count). The van der Waals surface area contributed by atoms with Crippen LogP contribution in [-0.4, -0.2) is 23.3 Å². The van der Waals surface area contributed by atoms with Crippen molar-refractivity contribution in [1.29, 1.82) is 0 Å². The van der Waals surface area contributed by atoms with Crippen molar-refractivity contribution in [3.8, 4) is 10.6 Å².